The van der Waals surface area contributed by atoms with Crippen molar-refractivity contribution in [3.63, 3.8) is 0 Å². The van der Waals surface area contributed by atoms with Crippen LogP contribution in [-0.4, -0.2) is 43.0 Å². The van der Waals surface area contributed by atoms with Crippen molar-refractivity contribution in [3.8, 4) is 0 Å². The first-order valence-corrected chi connectivity index (χ1v) is 5.80. The number of carbonyl (C=O) groups is 1. The molecule has 0 bridgehead atoms. The Morgan fingerprint density at radius 3 is 2.94 bits per heavy atom. The van der Waals surface area contributed by atoms with Crippen LogP contribution in [0.15, 0.2) is 24.5 Å². The predicted octanol–water partition coefficient (Wildman–Crippen LogP) is 0.572. The number of nitrogens with zero attached hydrogens (tertiary/aromatic N) is 5. The molecule has 1 aliphatic heterocycles. The zero-order chi connectivity index (χ0) is 12.4. The van der Waals surface area contributed by atoms with Gasteiger partial charge in [-0.3, -0.25) is 9.78 Å². The van der Waals surface area contributed by atoms with Crippen LogP contribution in [0.4, 0.5) is 0 Å². The molecule has 0 aliphatic carbocycles. The standard InChI is InChI=1S/C11H12N6O/c18-11(10-13-15-16-14-10)17-7-1-2-9(17)8-3-5-12-6-4-8/h3-6,9H,1-2,7H2,(H,13,14,15,16). The van der Waals surface area contributed by atoms with Crippen LogP contribution >= 0.6 is 0 Å². The Morgan fingerprint density at radius 1 is 1.39 bits per heavy atom. The average Bonchev–Trinajstić information content (AvgIpc) is 3.10. The van der Waals surface area contributed by atoms with E-state index in [1.165, 1.54) is 0 Å². The van der Waals surface area contributed by atoms with Gasteiger partial charge in [0, 0.05) is 18.9 Å². The van der Waals surface area contributed by atoms with Crippen molar-refractivity contribution in [1.29, 1.82) is 0 Å². The van der Waals surface area contributed by atoms with Crippen molar-refractivity contribution in [1.82, 2.24) is 30.5 Å². The van der Waals surface area contributed by atoms with Crippen molar-refractivity contribution in [2.75, 3.05) is 6.54 Å². The fraction of sp³-hybridized carbons (Fsp3) is 0.364. The number of hydrogen-bond donors (Lipinski definition) is 1. The summed E-state index contributed by atoms with van der Waals surface area (Å²) in [5, 5.41) is 13.2. The van der Waals surface area contributed by atoms with Crippen LogP contribution in [0.5, 0.6) is 0 Å². The molecule has 3 heterocycles. The molecule has 1 N–H and O–H groups in total. The summed E-state index contributed by atoms with van der Waals surface area (Å²) >= 11 is 0. The first kappa shape index (κ1) is 10.8. The summed E-state index contributed by atoms with van der Waals surface area (Å²) in [6.45, 7) is 0.723. The molecule has 0 radical (unpaired) electrons. The number of aromatic nitrogens is 5. The molecule has 1 unspecified atom stereocenters. The molecule has 1 amide bonds. The number of hydrogen-bond acceptors (Lipinski definition) is 5. The Hall–Kier alpha value is -2.31. The summed E-state index contributed by atoms with van der Waals surface area (Å²) < 4.78 is 0. The van der Waals surface area contributed by atoms with Crippen LogP contribution in [0.2, 0.25) is 0 Å². The molecule has 1 aliphatic rings. The van der Waals surface area contributed by atoms with Gasteiger partial charge in [0.1, 0.15) is 0 Å². The average molecular weight is 244 g/mol. The van der Waals surface area contributed by atoms with E-state index in [2.05, 4.69) is 25.6 Å². The Bertz CT molecular complexity index is 526. The van der Waals surface area contributed by atoms with Crippen LogP contribution in [-0.2, 0) is 0 Å². The van der Waals surface area contributed by atoms with Gasteiger partial charge in [-0.25, -0.2) is 0 Å². The second-order valence-corrected chi connectivity index (χ2v) is 4.17. The van der Waals surface area contributed by atoms with Crippen LogP contribution in [0, 0.1) is 0 Å². The maximum atomic E-state index is 12.2. The van der Waals surface area contributed by atoms with E-state index >= 15 is 0 Å². The lowest BCUT2D eigenvalue weighted by Crippen LogP contribution is -2.31. The van der Waals surface area contributed by atoms with Crippen LogP contribution < -0.4 is 0 Å². The maximum Gasteiger partial charge on any atom is 0.295 e. The Morgan fingerprint density at radius 2 is 2.22 bits per heavy atom. The molecule has 0 aromatic carbocycles. The lowest BCUT2D eigenvalue weighted by atomic mass is 10.1. The fourth-order valence-electron chi connectivity index (χ4n) is 2.32. The highest BCUT2D eigenvalue weighted by Gasteiger charge is 2.32. The minimum absolute atomic E-state index is 0.0824. The minimum Gasteiger partial charge on any atom is -0.329 e. The van der Waals surface area contributed by atoms with Crippen molar-refractivity contribution in [2.24, 2.45) is 0 Å². The van der Waals surface area contributed by atoms with Gasteiger partial charge in [0.25, 0.3) is 11.7 Å². The Labute approximate surface area is 103 Å². The first-order valence-electron chi connectivity index (χ1n) is 5.80. The Kier molecular flexibility index (Phi) is 2.71. The minimum atomic E-state index is -0.178. The first-order chi connectivity index (χ1) is 8.86. The summed E-state index contributed by atoms with van der Waals surface area (Å²) in [5.41, 5.74) is 1.10. The normalized spacial score (nSPS) is 19.1. The molecule has 3 rings (SSSR count). The van der Waals surface area contributed by atoms with Gasteiger partial charge in [0.05, 0.1) is 6.04 Å². The lowest BCUT2D eigenvalue weighted by Gasteiger charge is -2.23. The van der Waals surface area contributed by atoms with E-state index in [1.54, 1.807) is 17.3 Å². The van der Waals surface area contributed by atoms with Gasteiger partial charge in [-0.05, 0) is 35.8 Å². The third-order valence-electron chi connectivity index (χ3n) is 3.14. The number of tetrazole rings is 1. The number of H-pyrrole nitrogens is 1. The summed E-state index contributed by atoms with van der Waals surface area (Å²) in [4.78, 5) is 18.0. The molecular formula is C11H12N6O. The molecule has 2 aromatic rings. The summed E-state index contributed by atoms with van der Waals surface area (Å²) in [5.74, 6) is -0.0565. The number of pyridine rings is 1. The Balaban J connectivity index is 1.86. The topological polar surface area (TPSA) is 87.7 Å². The molecule has 18 heavy (non-hydrogen) atoms. The van der Waals surface area contributed by atoms with Crippen molar-refractivity contribution >= 4 is 5.91 Å². The highest BCUT2D eigenvalue weighted by molar-refractivity contribution is 5.90. The second-order valence-electron chi connectivity index (χ2n) is 4.17. The van der Waals surface area contributed by atoms with Gasteiger partial charge >= 0.3 is 0 Å². The summed E-state index contributed by atoms with van der Waals surface area (Å²) in [7, 11) is 0. The van der Waals surface area contributed by atoms with E-state index in [9.17, 15) is 4.79 Å². The summed E-state index contributed by atoms with van der Waals surface area (Å²) in [6, 6.07) is 3.96. The molecule has 7 heteroatoms. The van der Waals surface area contributed by atoms with Gasteiger partial charge in [-0.15, -0.1) is 10.2 Å². The number of likely N-dealkylation sites (tertiary alicyclic amines) is 1. The molecule has 0 saturated carbocycles. The quantitative estimate of drug-likeness (QED) is 0.834. The molecule has 2 aromatic heterocycles. The van der Waals surface area contributed by atoms with Crippen LogP contribution in [0.1, 0.15) is 35.1 Å². The van der Waals surface area contributed by atoms with E-state index in [0.29, 0.717) is 0 Å². The molecule has 1 fully saturated rings. The van der Waals surface area contributed by atoms with E-state index in [-0.39, 0.29) is 17.8 Å². The zero-order valence-electron chi connectivity index (χ0n) is 9.65. The van der Waals surface area contributed by atoms with Crippen molar-refractivity contribution < 1.29 is 4.79 Å². The van der Waals surface area contributed by atoms with Gasteiger partial charge in [-0.1, -0.05) is 0 Å². The van der Waals surface area contributed by atoms with Gasteiger partial charge in [-0.2, -0.15) is 5.21 Å². The largest absolute Gasteiger partial charge is 0.329 e. The number of carbonyl (C=O) groups excluding carboxylic acids is 1. The van der Waals surface area contributed by atoms with E-state index in [1.807, 2.05) is 12.1 Å². The zero-order valence-corrected chi connectivity index (χ0v) is 9.65. The SMILES string of the molecule is O=C(c1nn[nH]n1)N1CCCC1c1ccncc1. The predicted molar refractivity (Wildman–Crippen MR) is 61.4 cm³/mol. The van der Waals surface area contributed by atoms with E-state index in [4.69, 9.17) is 0 Å². The number of amides is 1. The van der Waals surface area contributed by atoms with E-state index in [0.717, 1.165) is 24.9 Å². The van der Waals surface area contributed by atoms with Crippen molar-refractivity contribution in [2.45, 2.75) is 18.9 Å². The highest BCUT2D eigenvalue weighted by atomic mass is 16.2. The molecule has 92 valence electrons. The fourth-order valence-corrected chi connectivity index (χ4v) is 2.32. The number of nitrogens with one attached hydrogen (secondary N) is 1. The molecule has 1 atom stereocenters. The third kappa shape index (κ3) is 1.83. The highest BCUT2D eigenvalue weighted by Crippen LogP contribution is 2.32. The van der Waals surface area contributed by atoms with Crippen molar-refractivity contribution in [3.05, 3.63) is 35.9 Å². The maximum absolute atomic E-state index is 12.2. The van der Waals surface area contributed by atoms with Crippen LogP contribution in [0.3, 0.4) is 0 Å². The van der Waals surface area contributed by atoms with E-state index < -0.39 is 0 Å². The number of rotatable bonds is 2. The van der Waals surface area contributed by atoms with Gasteiger partial charge in [0.2, 0.25) is 0 Å². The van der Waals surface area contributed by atoms with Gasteiger partial charge < -0.3 is 4.90 Å². The molecule has 0 spiro atoms. The second kappa shape index (κ2) is 4.52. The molecule has 7 nitrogen and oxygen atoms in total. The third-order valence-corrected chi connectivity index (χ3v) is 3.14. The van der Waals surface area contributed by atoms with Crippen LogP contribution in [0.25, 0.3) is 0 Å². The number of aromatic amines is 1. The smallest absolute Gasteiger partial charge is 0.295 e. The van der Waals surface area contributed by atoms with Gasteiger partial charge in [0.15, 0.2) is 0 Å². The molecular weight excluding hydrogens is 232 g/mol. The monoisotopic (exact) mass is 244 g/mol. The molecule has 1 saturated heterocycles. The summed E-state index contributed by atoms with van der Waals surface area (Å²) in [6.07, 6.45) is 5.42. The lowest BCUT2D eigenvalue weighted by molar-refractivity contribution is 0.0723.